The van der Waals surface area contributed by atoms with E-state index in [-0.39, 0.29) is 83.5 Å². The third kappa shape index (κ3) is 10.8. The average molecular weight is 1250 g/mol. The summed E-state index contributed by atoms with van der Waals surface area (Å²) in [5.74, 6) is 4.58. The number of piperidine rings is 1. The molecule has 10 N–H and O–H groups in total. The van der Waals surface area contributed by atoms with Crippen molar-refractivity contribution in [3.63, 3.8) is 0 Å². The number of anilines is 1. The van der Waals surface area contributed by atoms with Crippen molar-refractivity contribution in [3.8, 4) is 40.2 Å². The topological polar surface area (TPSA) is 220 Å². The van der Waals surface area contributed by atoms with E-state index in [1.165, 1.54) is 37.7 Å². The number of benzene rings is 4. The maximum atomic E-state index is 16.7. The molecule has 13 nitrogen and oxygen atoms in total. The van der Waals surface area contributed by atoms with Crippen LogP contribution in [0.5, 0.6) is 17.2 Å². The van der Waals surface area contributed by atoms with Gasteiger partial charge in [0.05, 0.1) is 29.6 Å². The number of carbonyl (C=O) groups is 2. The van der Waals surface area contributed by atoms with Gasteiger partial charge in [0.15, 0.2) is 17.3 Å². The van der Waals surface area contributed by atoms with Crippen LogP contribution in [0.25, 0.3) is 23.3 Å². The molecule has 13 heteroatoms. The Bertz CT molecular complexity index is 4030. The molecule has 5 fully saturated rings. The second-order valence-electron chi connectivity index (χ2n) is 30.5. The number of aliphatic hydroxyl groups excluding tert-OH is 3. The van der Waals surface area contributed by atoms with Gasteiger partial charge in [0, 0.05) is 72.0 Å². The van der Waals surface area contributed by atoms with E-state index in [2.05, 4.69) is 74.9 Å². The van der Waals surface area contributed by atoms with E-state index in [4.69, 9.17) is 4.74 Å². The summed E-state index contributed by atoms with van der Waals surface area (Å²) in [5.41, 5.74) is 9.32. The molecule has 6 aromatic rings. The number of ether oxygens (including phenoxy) is 1. The number of fused-ring (bicyclic) bond motifs is 10. The highest BCUT2D eigenvalue weighted by Crippen LogP contribution is 2.68. The molecular weight excluding hydrogens is 1160 g/mol. The second-order valence-corrected chi connectivity index (χ2v) is 30.5. The smallest absolute Gasteiger partial charge is 0.163 e. The van der Waals surface area contributed by atoms with Crippen LogP contribution >= 0.6 is 0 Å². The molecule has 6 heterocycles. The summed E-state index contributed by atoms with van der Waals surface area (Å²) < 4.78 is 6.77. The van der Waals surface area contributed by atoms with Crippen molar-refractivity contribution < 1.29 is 45.0 Å². The number of hydrogen-bond acceptors (Lipinski definition) is 11. The summed E-state index contributed by atoms with van der Waals surface area (Å²) in [4.78, 5) is 39.4. The van der Waals surface area contributed by atoms with Gasteiger partial charge in [0.2, 0.25) is 0 Å². The Morgan fingerprint density at radius 1 is 0.710 bits per heavy atom. The summed E-state index contributed by atoms with van der Waals surface area (Å²) in [6.45, 7) is 0.274. The van der Waals surface area contributed by atoms with E-state index < -0.39 is 59.5 Å². The molecular formula is C80H90N4O9. The predicted octanol–water partition coefficient (Wildman–Crippen LogP) is 12.9. The first-order valence-corrected chi connectivity index (χ1v) is 35.3. The van der Waals surface area contributed by atoms with Crippen molar-refractivity contribution in [1.29, 1.82) is 0 Å². The van der Waals surface area contributed by atoms with Crippen molar-refractivity contribution in [2.24, 2.45) is 34.5 Å². The van der Waals surface area contributed by atoms with E-state index in [9.17, 15) is 30.6 Å². The van der Waals surface area contributed by atoms with E-state index in [1.54, 1.807) is 24.3 Å². The molecule has 10 bridgehead atoms. The Morgan fingerprint density at radius 2 is 1.53 bits per heavy atom. The number of nitrogens with one attached hydrogen (secondary N) is 4. The molecule has 4 aliphatic heterocycles. The summed E-state index contributed by atoms with van der Waals surface area (Å²) in [6, 6.07) is 25.2. The van der Waals surface area contributed by atoms with E-state index in [0.29, 0.717) is 59.3 Å². The monoisotopic (exact) mass is 1250 g/mol. The number of aliphatic hydroxyl groups is 4. The van der Waals surface area contributed by atoms with Gasteiger partial charge in [-0.25, -0.2) is 0 Å². The fraction of sp³-hybridized carbons (Fsp3) is 0.500. The maximum absolute atomic E-state index is 16.7. The number of hydrogen-bond donors (Lipinski definition) is 10. The molecule has 3 spiro atoms. The number of phenolic OH excluding ortho intramolecular Hbond substituents is 2. The molecule has 1 saturated heterocycles. The fourth-order valence-corrected chi connectivity index (χ4v) is 20.3. The first-order chi connectivity index (χ1) is 45.2. The quantitative estimate of drug-likeness (QED) is 0.0558. The number of aryl methyl sites for hydroxylation is 2. The van der Waals surface area contributed by atoms with Crippen LogP contribution in [0.1, 0.15) is 202 Å². The molecule has 2 aromatic heterocycles. The van der Waals surface area contributed by atoms with Gasteiger partial charge in [-0.3, -0.25) is 9.59 Å². The standard InChI is InChI=1S/C80H90N4O9/c85-35-24-58-69(87)19-15-47-37-62(73(89)70(38-47)93-53-10-2-3-11-53)72(88)60-40-52-39-51-22-33-82-76(51)84-66(61-42-67-56(23-34-81-67)63(71(61)74(58)90)43-79(92)27-20-49-9-7-13-68(86)55(49)21-28-79)18-16-57-65-17-14-48(44-83-65)36-50-8-1-4-12-54(50)59(60)41-64(52)80(75(57)91)32-31-78(46-80)30-29-77(45-78)25-5-6-26-77/h1,4,7-9,12-13,21-23,28,33-34,37-38,40-42,48,53,57-58,63,65-66,71-72,75,81-86,88-89,91-92H,2-3,5-6,10-11,14-15,17,19-20,24-27,29-32,35-36,39,43-46H2/t48-,57+,58-,63-,65-,66-,71+,72-,75+,78+,79+,80+/m1/s1. The summed E-state index contributed by atoms with van der Waals surface area (Å²) in [5, 5.41) is 84.5. The molecule has 4 aromatic carbocycles. The Balaban J connectivity index is 0.953. The van der Waals surface area contributed by atoms with Crippen LogP contribution in [-0.4, -0.2) is 95.2 Å². The predicted molar refractivity (Wildman–Crippen MR) is 360 cm³/mol. The van der Waals surface area contributed by atoms with Crippen LogP contribution in [-0.2, 0) is 40.7 Å². The number of aromatic hydroxyl groups is 2. The maximum Gasteiger partial charge on any atom is 0.163 e. The zero-order valence-electron chi connectivity index (χ0n) is 53.5. The number of Topliss-reactive ketones (excluding diaryl/α,β-unsaturated/α-hetero) is 2. The third-order valence-corrected chi connectivity index (χ3v) is 25.0. The van der Waals surface area contributed by atoms with E-state index >= 15 is 9.59 Å². The number of rotatable bonds is 6. The lowest BCUT2D eigenvalue weighted by atomic mass is 9.63. The van der Waals surface area contributed by atoms with Crippen LogP contribution in [0.3, 0.4) is 0 Å². The molecule has 7 aliphatic carbocycles. The molecule has 17 rings (SSSR count). The molecule has 4 saturated carbocycles. The second kappa shape index (κ2) is 23.9. The molecule has 0 amide bonds. The first-order valence-electron chi connectivity index (χ1n) is 35.3. The molecule has 12 atom stereocenters. The Morgan fingerprint density at radius 3 is 2.37 bits per heavy atom. The van der Waals surface area contributed by atoms with Gasteiger partial charge in [0.25, 0.3) is 0 Å². The van der Waals surface area contributed by atoms with Gasteiger partial charge in [-0.1, -0.05) is 79.3 Å². The minimum atomic E-state index is -1.48. The number of ketones is 2. The number of carbonyl (C=O) groups excluding carboxylic acids is 2. The fourth-order valence-electron chi connectivity index (χ4n) is 20.3. The molecule has 93 heavy (non-hydrogen) atoms. The summed E-state index contributed by atoms with van der Waals surface area (Å²) in [7, 11) is 0. The molecule has 11 aliphatic rings. The van der Waals surface area contributed by atoms with Crippen molar-refractivity contribution in [2.75, 3.05) is 18.5 Å². The lowest BCUT2D eigenvalue weighted by Gasteiger charge is -2.44. The zero-order valence-corrected chi connectivity index (χ0v) is 53.5. The van der Waals surface area contributed by atoms with Crippen LogP contribution in [0.2, 0.25) is 0 Å². The Labute approximate surface area is 546 Å². The minimum absolute atomic E-state index is 0.00390. The SMILES string of the molecule is O=C1CCc2cc(OC3CCCC3)c(O)c(c2)[C@H](O)c2cc3c4cc2-c2ccccc2C[C@H]2CC[C@@H](NC2)[C@H](C#C[C@@H](Nc2[nH]ccc2C3)C2=Cc3[nH]ccc3[C@@H](C[C@@]3(O)C=Cc5c(O)cccc5CC3)[C@H]2C(=O)[C@@H]1CCO)[C@H](O)[C@]41CC[C@]2(CCC3(CCCC3)C2)C1. The molecule has 0 radical (unpaired) electrons. The third-order valence-electron chi connectivity index (χ3n) is 25.0. The number of aromatic nitrogens is 2. The van der Waals surface area contributed by atoms with Gasteiger partial charge < -0.3 is 56.0 Å². The number of aromatic amines is 2. The van der Waals surface area contributed by atoms with Crippen LogP contribution < -0.4 is 15.4 Å². The van der Waals surface area contributed by atoms with E-state index in [1.807, 2.05) is 42.7 Å². The highest BCUT2D eigenvalue weighted by Gasteiger charge is 2.60. The normalized spacial score (nSPS) is 31.9. The van der Waals surface area contributed by atoms with Crippen LogP contribution in [0.15, 0.2) is 103 Å². The summed E-state index contributed by atoms with van der Waals surface area (Å²) in [6.07, 6.45) is 25.1. The lowest BCUT2D eigenvalue weighted by Crippen LogP contribution is -2.53. The largest absolute Gasteiger partial charge is 0.507 e. The van der Waals surface area contributed by atoms with Crippen molar-refractivity contribution >= 4 is 29.5 Å². The van der Waals surface area contributed by atoms with Crippen molar-refractivity contribution in [3.05, 3.63) is 164 Å². The number of phenols is 2. The van der Waals surface area contributed by atoms with Crippen molar-refractivity contribution in [1.82, 2.24) is 15.3 Å². The lowest BCUT2D eigenvalue weighted by molar-refractivity contribution is -0.135. The summed E-state index contributed by atoms with van der Waals surface area (Å²) >= 11 is 0. The molecule has 484 valence electrons. The Kier molecular flexibility index (Phi) is 15.6. The van der Waals surface area contributed by atoms with Gasteiger partial charge in [-0.15, -0.1) is 0 Å². The highest BCUT2D eigenvalue weighted by molar-refractivity contribution is 6.05. The van der Waals surface area contributed by atoms with Gasteiger partial charge >= 0.3 is 0 Å². The minimum Gasteiger partial charge on any atom is -0.507 e. The van der Waals surface area contributed by atoms with E-state index in [0.717, 1.165) is 122 Å². The van der Waals surface area contributed by atoms with Crippen LogP contribution in [0.4, 0.5) is 5.82 Å². The van der Waals surface area contributed by atoms with Crippen molar-refractivity contribution in [2.45, 2.75) is 201 Å². The average Bonchev–Trinajstić information content (AvgIpc) is 1.71. The van der Waals surface area contributed by atoms with Gasteiger partial charge in [-0.05, 0) is 255 Å². The molecule has 0 unspecified atom stereocenters. The highest BCUT2D eigenvalue weighted by atomic mass is 16.5. The zero-order chi connectivity index (χ0) is 63.4. The first kappa shape index (κ1) is 60.7. The Hall–Kier alpha value is -7.18. The number of H-pyrrole nitrogens is 2. The van der Waals surface area contributed by atoms with Gasteiger partial charge in [-0.2, -0.15) is 0 Å². The van der Waals surface area contributed by atoms with Gasteiger partial charge in [0.1, 0.15) is 29.5 Å². The van der Waals surface area contributed by atoms with Crippen LogP contribution in [0, 0.1) is 46.3 Å².